The van der Waals surface area contributed by atoms with Crippen LogP contribution in [0.4, 0.5) is 11.4 Å². The lowest BCUT2D eigenvalue weighted by Crippen LogP contribution is -2.27. The van der Waals surface area contributed by atoms with E-state index in [1.54, 1.807) is 80.4 Å². The number of nitrogens with zero attached hydrogens (tertiary/aromatic N) is 5. The Balaban J connectivity index is 0.000000222. The maximum Gasteiger partial charge on any atom is 0.344 e. The third-order valence-corrected chi connectivity index (χ3v) is 12.7. The van der Waals surface area contributed by atoms with Crippen LogP contribution >= 0.6 is 70.4 Å². The number of nitrogen functional groups attached to an aromatic ring is 1. The third kappa shape index (κ3) is 19.2. The predicted octanol–water partition coefficient (Wildman–Crippen LogP) is 13.8. The number of ether oxygens (including phenoxy) is 3. The molecule has 0 atom stereocenters. The molecule has 6 aromatic carbocycles. The molecule has 3 aromatic heterocycles. The topological polar surface area (TPSA) is 223 Å². The molecule has 0 fully saturated rings. The second kappa shape index (κ2) is 30.4. The molecule has 23 heteroatoms. The molecule has 17 nitrogen and oxygen atoms in total. The number of hydrogen-bond acceptors (Lipinski definition) is 11. The van der Waals surface area contributed by atoms with Gasteiger partial charge in [-0.25, -0.2) is 9.48 Å². The first kappa shape index (κ1) is 65.1. The Labute approximate surface area is 505 Å². The first-order chi connectivity index (χ1) is 38.5. The van der Waals surface area contributed by atoms with Crippen LogP contribution in [0.15, 0.2) is 157 Å². The Morgan fingerprint density at radius 1 is 0.598 bits per heavy atom. The highest BCUT2D eigenvalue weighted by Crippen LogP contribution is 2.31. The molecule has 0 aliphatic carbocycles. The van der Waals surface area contributed by atoms with Gasteiger partial charge in [0.25, 0.3) is 11.5 Å². The van der Waals surface area contributed by atoms with Crippen LogP contribution in [0.5, 0.6) is 11.8 Å². The van der Waals surface area contributed by atoms with Gasteiger partial charge in [0.15, 0.2) is 13.2 Å². The SMILES string of the molecule is Cc1ccc(-n2[nH]ccc2=O)c(Cl)c1.Cc1ccc(-n2nccc2OCC(=O)Nc2ccc(-c3ccc(CC(=O)O)cc3)cc2Cl)c(Cl)c1.Cc1ccc(-n2nccc2OCC(=O)OC(C)(C)C)c(Cl)c1.Cc1ccc(NN)c(Cl)c1.Cl. The van der Waals surface area contributed by atoms with Crippen LogP contribution in [0.25, 0.3) is 28.2 Å². The first-order valence-corrected chi connectivity index (χ1v) is 26.6. The van der Waals surface area contributed by atoms with E-state index in [1.165, 1.54) is 15.4 Å². The van der Waals surface area contributed by atoms with Crippen LogP contribution in [0.1, 0.15) is 48.6 Å². The number of carbonyl (C=O) groups excluding carboxylic acids is 2. The van der Waals surface area contributed by atoms with Crippen molar-refractivity contribution < 1.29 is 33.7 Å². The molecule has 6 N–H and O–H groups in total. The summed E-state index contributed by atoms with van der Waals surface area (Å²) in [6.45, 7) is 12.8. The number of carboxylic acids is 1. The fraction of sp³-hybridized carbons (Fsp3) is 0.186. The van der Waals surface area contributed by atoms with E-state index in [0.29, 0.717) is 65.2 Å². The number of hydrazine groups is 1. The summed E-state index contributed by atoms with van der Waals surface area (Å²) in [5.74, 6) is 4.26. The number of carboxylic acid groups (broad SMARTS) is 1. The quantitative estimate of drug-likeness (QED) is 0.0390. The third-order valence-electron chi connectivity index (χ3n) is 11.1. The Hall–Kier alpha value is -7.74. The number of carbonyl (C=O) groups is 3. The van der Waals surface area contributed by atoms with Gasteiger partial charge in [0.05, 0.1) is 72.4 Å². The molecular weight excluding hydrogens is 1180 g/mol. The average Bonchev–Trinajstić information content (AvgIpc) is 4.34. The molecule has 0 saturated carbocycles. The lowest BCUT2D eigenvalue weighted by Gasteiger charge is -2.19. The molecule has 82 heavy (non-hydrogen) atoms. The van der Waals surface area contributed by atoms with Gasteiger partial charge in [0.2, 0.25) is 11.8 Å². The summed E-state index contributed by atoms with van der Waals surface area (Å²) in [6, 6.07) is 39.6. The number of anilines is 2. The highest BCUT2D eigenvalue weighted by molar-refractivity contribution is 6.34. The molecule has 0 spiro atoms. The number of nitrogens with one attached hydrogen (secondary N) is 3. The van der Waals surface area contributed by atoms with Gasteiger partial charge in [-0.1, -0.05) is 113 Å². The van der Waals surface area contributed by atoms with Gasteiger partial charge >= 0.3 is 11.9 Å². The molecule has 0 aliphatic rings. The number of hydrogen-bond donors (Lipinski definition) is 5. The van der Waals surface area contributed by atoms with Crippen LogP contribution in [0.3, 0.4) is 0 Å². The number of amides is 1. The Kier molecular flexibility index (Phi) is 24.1. The van der Waals surface area contributed by atoms with E-state index in [9.17, 15) is 19.2 Å². The molecule has 3 heterocycles. The van der Waals surface area contributed by atoms with Gasteiger partial charge in [-0.3, -0.25) is 25.3 Å². The van der Waals surface area contributed by atoms with Crippen LogP contribution < -0.4 is 31.6 Å². The summed E-state index contributed by atoms with van der Waals surface area (Å²) in [5.41, 5.74) is 11.7. The monoisotopic (exact) mass is 1230 g/mol. The number of benzene rings is 6. The lowest BCUT2D eigenvalue weighted by atomic mass is 10.0. The molecular formula is C59H59Cl6N9O8. The molecule has 430 valence electrons. The fourth-order valence-electron chi connectivity index (χ4n) is 7.39. The number of H-pyrrole nitrogens is 1. The van der Waals surface area contributed by atoms with E-state index in [-0.39, 0.29) is 43.5 Å². The van der Waals surface area contributed by atoms with E-state index < -0.39 is 17.5 Å². The summed E-state index contributed by atoms with van der Waals surface area (Å²) in [4.78, 5) is 46.4. The van der Waals surface area contributed by atoms with E-state index in [4.69, 9.17) is 83.2 Å². The van der Waals surface area contributed by atoms with Gasteiger partial charge in [-0.15, -0.1) is 12.4 Å². The largest absolute Gasteiger partial charge is 0.481 e. The Morgan fingerprint density at radius 2 is 1.06 bits per heavy atom. The molecule has 1 amide bonds. The maximum absolute atomic E-state index is 12.5. The van der Waals surface area contributed by atoms with Crippen molar-refractivity contribution in [1.29, 1.82) is 0 Å². The van der Waals surface area contributed by atoms with Crippen molar-refractivity contribution in [3.8, 4) is 39.9 Å². The minimum Gasteiger partial charge on any atom is -0.481 e. The number of rotatable bonds is 14. The minimum atomic E-state index is -0.881. The van der Waals surface area contributed by atoms with Gasteiger partial charge < -0.3 is 30.1 Å². The van der Waals surface area contributed by atoms with Crippen LogP contribution in [-0.4, -0.2) is 71.1 Å². The van der Waals surface area contributed by atoms with Crippen LogP contribution in [0, 0.1) is 27.7 Å². The van der Waals surface area contributed by atoms with Crippen molar-refractivity contribution in [2.45, 2.75) is 60.5 Å². The number of halogens is 6. The Morgan fingerprint density at radius 3 is 1.51 bits per heavy atom. The summed E-state index contributed by atoms with van der Waals surface area (Å²) in [5, 5.41) is 25.5. The van der Waals surface area contributed by atoms with Crippen molar-refractivity contribution in [2.24, 2.45) is 5.84 Å². The van der Waals surface area contributed by atoms with Gasteiger partial charge in [0, 0.05) is 24.4 Å². The summed E-state index contributed by atoms with van der Waals surface area (Å²) in [7, 11) is 0. The van der Waals surface area contributed by atoms with Crippen LogP contribution in [0.2, 0.25) is 25.1 Å². The number of aliphatic carboxylic acids is 1. The normalized spacial score (nSPS) is 10.5. The standard InChI is InChI=1S/C26H21Cl2N3O4.C16H19ClN2O3.C10H9ClN2O.C7H9ClN2.ClH/c1-16-2-9-23(21(28)12-16)31-25(10-11-29-31)35-15-24(32)30-22-8-7-19(14-20(22)27)18-5-3-17(4-6-18)13-26(33)34;1-11-5-6-13(12(17)9-11)19-14(7-8-18-19)21-10-15(20)22-16(2,3)4;1-7-2-3-9(8(11)6-7)13-10(14)4-5-12-13;1-5-2-3-7(10-9)6(8)4-5;/h2-12,14H,13,15H2,1H3,(H,30,32)(H,33,34);5-9H,10H2,1-4H3;2-6,12H,1H3;2-4,10H,9H2,1H3;1H. The van der Waals surface area contributed by atoms with Crippen molar-refractivity contribution in [3.63, 3.8) is 0 Å². The smallest absolute Gasteiger partial charge is 0.344 e. The minimum absolute atomic E-state index is 0. The van der Waals surface area contributed by atoms with Crippen molar-refractivity contribution in [2.75, 3.05) is 24.0 Å². The predicted molar refractivity (Wildman–Crippen MR) is 328 cm³/mol. The summed E-state index contributed by atoms with van der Waals surface area (Å²) >= 11 is 30.8. The molecule has 0 saturated heterocycles. The van der Waals surface area contributed by atoms with Crippen molar-refractivity contribution >= 4 is 99.6 Å². The Bertz CT molecular complexity index is 3690. The van der Waals surface area contributed by atoms with Crippen molar-refractivity contribution in [1.82, 2.24) is 29.3 Å². The van der Waals surface area contributed by atoms with E-state index in [0.717, 1.165) is 39.1 Å². The first-order valence-electron chi connectivity index (χ1n) is 24.7. The zero-order valence-electron chi connectivity index (χ0n) is 45.5. The summed E-state index contributed by atoms with van der Waals surface area (Å²) in [6.07, 6.45) is 4.69. The number of aromatic nitrogens is 6. The lowest BCUT2D eigenvalue weighted by molar-refractivity contribution is -0.157. The molecule has 9 rings (SSSR count). The van der Waals surface area contributed by atoms with Gasteiger partial charge in [0.1, 0.15) is 5.60 Å². The molecule has 0 unspecified atom stereocenters. The van der Waals surface area contributed by atoms with Gasteiger partial charge in [-0.2, -0.15) is 19.6 Å². The van der Waals surface area contributed by atoms with Crippen LogP contribution in [-0.2, 0) is 25.5 Å². The number of aromatic amines is 1. The van der Waals surface area contributed by atoms with Crippen molar-refractivity contribution in [3.05, 3.63) is 215 Å². The second-order valence-electron chi connectivity index (χ2n) is 19.0. The molecule has 0 aliphatic heterocycles. The zero-order valence-corrected chi connectivity index (χ0v) is 50.1. The maximum atomic E-state index is 12.5. The molecule has 0 radical (unpaired) electrons. The number of nitrogens with two attached hydrogens (primary N) is 1. The molecule has 9 aromatic rings. The zero-order chi connectivity index (χ0) is 59.0. The number of esters is 1. The van der Waals surface area contributed by atoms with E-state index in [2.05, 4.69) is 26.0 Å². The number of aryl methyl sites for hydroxylation is 4. The van der Waals surface area contributed by atoms with E-state index >= 15 is 0 Å². The van der Waals surface area contributed by atoms with E-state index in [1.807, 2.05) is 119 Å². The van der Waals surface area contributed by atoms with Gasteiger partial charge in [-0.05, 0) is 148 Å². The highest BCUT2D eigenvalue weighted by atomic mass is 35.5. The summed E-state index contributed by atoms with van der Waals surface area (Å²) < 4.78 is 20.8. The highest BCUT2D eigenvalue weighted by Gasteiger charge is 2.19. The average molecular weight is 1230 g/mol. The second-order valence-corrected chi connectivity index (χ2v) is 21.0. The molecule has 0 bridgehead atoms. The fourth-order valence-corrected chi connectivity index (χ4v) is 8.85.